The van der Waals surface area contributed by atoms with Gasteiger partial charge in [-0.3, -0.25) is 0 Å². The van der Waals surface area contributed by atoms with E-state index in [0.29, 0.717) is 17.6 Å². The molecule has 1 N–H and O–H groups in total. The van der Waals surface area contributed by atoms with Crippen LogP contribution in [0.5, 0.6) is 11.5 Å². The van der Waals surface area contributed by atoms with Crippen molar-refractivity contribution < 1.29 is 9.47 Å². The predicted octanol–water partition coefficient (Wildman–Crippen LogP) is 4.61. The van der Waals surface area contributed by atoms with Gasteiger partial charge in [0.1, 0.15) is 5.82 Å². The van der Waals surface area contributed by atoms with E-state index in [1.54, 1.807) is 0 Å². The number of aromatic nitrogens is 2. The van der Waals surface area contributed by atoms with Crippen LogP contribution < -0.4 is 19.7 Å². The fraction of sp³-hybridized carbons (Fsp3) is 0.333. The van der Waals surface area contributed by atoms with Crippen molar-refractivity contribution in [2.24, 2.45) is 0 Å². The number of benzene rings is 2. The average Bonchev–Trinajstić information content (AvgIpc) is 3.34. The number of ether oxygens (including phenoxy) is 2. The van der Waals surface area contributed by atoms with Crippen LogP contribution in [-0.4, -0.2) is 29.3 Å². The predicted molar refractivity (Wildman–Crippen MR) is 110 cm³/mol. The molecule has 0 bridgehead atoms. The molecule has 2 aliphatic heterocycles. The van der Waals surface area contributed by atoms with Crippen molar-refractivity contribution in [1.29, 1.82) is 0 Å². The Labute approximate surface area is 168 Å². The molecule has 1 unspecified atom stereocenters. The molecular weight excluding hydrogens is 376 g/mol. The number of halogens is 1. The number of hydrogen-bond donors (Lipinski definition) is 1. The van der Waals surface area contributed by atoms with E-state index in [4.69, 9.17) is 31.0 Å². The van der Waals surface area contributed by atoms with E-state index in [2.05, 4.69) is 17.1 Å². The number of nitrogens with zero attached hydrogens (tertiary/aromatic N) is 3. The largest absolute Gasteiger partial charge is 0.454 e. The highest BCUT2D eigenvalue weighted by Gasteiger charge is 2.24. The molecule has 5 rings (SSSR count). The molecule has 6 nitrogen and oxygen atoms in total. The van der Waals surface area contributed by atoms with Crippen molar-refractivity contribution in [2.75, 3.05) is 23.6 Å². The molecule has 28 heavy (non-hydrogen) atoms. The Hall–Kier alpha value is -2.73. The fourth-order valence-electron chi connectivity index (χ4n) is 3.82. The Morgan fingerprint density at radius 2 is 2.04 bits per heavy atom. The van der Waals surface area contributed by atoms with E-state index in [9.17, 15) is 0 Å². The minimum Gasteiger partial charge on any atom is -0.454 e. The third-order valence-electron chi connectivity index (χ3n) is 5.35. The van der Waals surface area contributed by atoms with Gasteiger partial charge < -0.3 is 19.7 Å². The molecule has 1 atom stereocenters. The molecule has 2 aromatic carbocycles. The van der Waals surface area contributed by atoms with Crippen molar-refractivity contribution in [2.45, 2.75) is 32.4 Å². The molecule has 0 spiro atoms. The van der Waals surface area contributed by atoms with Crippen LogP contribution in [0, 0.1) is 0 Å². The van der Waals surface area contributed by atoms with Crippen molar-refractivity contribution in [3.05, 3.63) is 47.0 Å². The molecule has 1 saturated heterocycles. The van der Waals surface area contributed by atoms with Crippen LogP contribution in [0.1, 0.15) is 25.3 Å². The van der Waals surface area contributed by atoms with E-state index in [1.165, 1.54) is 12.8 Å². The van der Waals surface area contributed by atoms with Crippen molar-refractivity contribution in [3.63, 3.8) is 0 Å². The van der Waals surface area contributed by atoms with Crippen molar-refractivity contribution in [3.8, 4) is 11.5 Å². The quantitative estimate of drug-likeness (QED) is 0.694. The van der Waals surface area contributed by atoms with Gasteiger partial charge >= 0.3 is 0 Å². The zero-order valence-corrected chi connectivity index (χ0v) is 16.4. The fourth-order valence-corrected chi connectivity index (χ4v) is 3.99. The number of fused-ring (bicyclic) bond motifs is 2. The summed E-state index contributed by atoms with van der Waals surface area (Å²) in [6, 6.07) is 12.1. The summed E-state index contributed by atoms with van der Waals surface area (Å²) in [5, 5.41) is 5.06. The molecule has 144 valence electrons. The summed E-state index contributed by atoms with van der Waals surface area (Å²) in [7, 11) is 0. The Morgan fingerprint density at radius 1 is 1.14 bits per heavy atom. The average molecular weight is 397 g/mol. The summed E-state index contributed by atoms with van der Waals surface area (Å²) >= 11 is 6.24. The first-order valence-corrected chi connectivity index (χ1v) is 9.91. The van der Waals surface area contributed by atoms with Gasteiger partial charge in [-0.05, 0) is 55.7 Å². The van der Waals surface area contributed by atoms with E-state index < -0.39 is 0 Å². The van der Waals surface area contributed by atoms with Crippen LogP contribution in [0.25, 0.3) is 10.9 Å². The molecule has 0 amide bonds. The zero-order chi connectivity index (χ0) is 19.1. The van der Waals surface area contributed by atoms with Crippen LogP contribution >= 0.6 is 11.6 Å². The molecule has 3 heterocycles. The first-order valence-electron chi connectivity index (χ1n) is 9.54. The van der Waals surface area contributed by atoms with Crippen LogP contribution in [-0.2, 0) is 6.54 Å². The lowest BCUT2D eigenvalue weighted by atomic mass is 10.2. The third-order valence-corrected chi connectivity index (χ3v) is 5.59. The summed E-state index contributed by atoms with van der Waals surface area (Å²) < 4.78 is 10.9. The maximum atomic E-state index is 6.24. The third kappa shape index (κ3) is 3.18. The van der Waals surface area contributed by atoms with Gasteiger partial charge in [0.2, 0.25) is 12.7 Å². The highest BCUT2D eigenvalue weighted by molar-refractivity contribution is 6.31. The Balaban J connectivity index is 1.48. The molecule has 3 aromatic rings. The van der Waals surface area contributed by atoms with Crippen LogP contribution in [0.15, 0.2) is 36.4 Å². The number of rotatable bonds is 4. The highest BCUT2D eigenvalue weighted by Crippen LogP contribution is 2.33. The number of hydrogen-bond acceptors (Lipinski definition) is 6. The van der Waals surface area contributed by atoms with Gasteiger partial charge in [-0.15, -0.1) is 0 Å². The van der Waals surface area contributed by atoms with E-state index in [1.807, 2.05) is 36.4 Å². The lowest BCUT2D eigenvalue weighted by Gasteiger charge is -2.22. The van der Waals surface area contributed by atoms with Gasteiger partial charge in [0.25, 0.3) is 0 Å². The molecular formula is C21H21ClN4O2. The van der Waals surface area contributed by atoms with E-state index >= 15 is 0 Å². The smallest absolute Gasteiger partial charge is 0.231 e. The minimum absolute atomic E-state index is 0.276. The van der Waals surface area contributed by atoms with Crippen LogP contribution in [0.2, 0.25) is 5.02 Å². The first-order chi connectivity index (χ1) is 13.7. The highest BCUT2D eigenvalue weighted by atomic mass is 35.5. The second-order valence-corrected chi connectivity index (χ2v) is 7.70. The van der Waals surface area contributed by atoms with Gasteiger partial charge in [0.05, 0.1) is 5.52 Å². The molecule has 7 heteroatoms. The van der Waals surface area contributed by atoms with Gasteiger partial charge in [0, 0.05) is 29.5 Å². The van der Waals surface area contributed by atoms with Gasteiger partial charge in [0.15, 0.2) is 11.5 Å². The number of nitrogens with one attached hydrogen (secondary N) is 1. The maximum Gasteiger partial charge on any atom is 0.231 e. The Bertz CT molecular complexity index is 1040. The van der Waals surface area contributed by atoms with E-state index in [-0.39, 0.29) is 6.79 Å². The van der Waals surface area contributed by atoms with E-state index in [0.717, 1.165) is 46.3 Å². The van der Waals surface area contributed by atoms with Crippen molar-refractivity contribution in [1.82, 2.24) is 9.97 Å². The molecule has 0 saturated carbocycles. The summed E-state index contributed by atoms with van der Waals surface area (Å²) in [5.74, 6) is 3.13. The second kappa shape index (κ2) is 7.02. The molecule has 1 fully saturated rings. The van der Waals surface area contributed by atoms with Crippen molar-refractivity contribution >= 4 is 34.3 Å². The molecule has 1 aromatic heterocycles. The molecule has 0 radical (unpaired) electrons. The molecule has 0 aliphatic carbocycles. The first kappa shape index (κ1) is 17.4. The summed E-state index contributed by atoms with van der Waals surface area (Å²) in [6.07, 6.45) is 2.34. The standard InChI is InChI=1S/C21H21ClN4O2/c1-13-3-2-8-26(13)21-24-17-6-5-15(22)10-16(17)20(25-21)23-11-14-4-7-18-19(9-14)28-12-27-18/h4-7,9-10,13H,2-3,8,11-12H2,1H3,(H,23,24,25). The molecule has 2 aliphatic rings. The Kier molecular flexibility index (Phi) is 4.36. The van der Waals surface area contributed by atoms with Crippen LogP contribution in [0.4, 0.5) is 11.8 Å². The lowest BCUT2D eigenvalue weighted by molar-refractivity contribution is 0.174. The van der Waals surface area contributed by atoms with Gasteiger partial charge in [-0.25, -0.2) is 4.98 Å². The van der Waals surface area contributed by atoms with Gasteiger partial charge in [-0.2, -0.15) is 4.98 Å². The number of anilines is 2. The Morgan fingerprint density at radius 3 is 2.89 bits per heavy atom. The maximum absolute atomic E-state index is 6.24. The van der Waals surface area contributed by atoms with Crippen LogP contribution in [0.3, 0.4) is 0 Å². The SMILES string of the molecule is CC1CCCN1c1nc(NCc2ccc3c(c2)OCO3)c2cc(Cl)ccc2n1. The summed E-state index contributed by atoms with van der Waals surface area (Å²) in [5.41, 5.74) is 1.98. The lowest BCUT2D eigenvalue weighted by Crippen LogP contribution is -2.28. The zero-order valence-electron chi connectivity index (χ0n) is 15.6. The topological polar surface area (TPSA) is 59.5 Å². The van der Waals surface area contributed by atoms with Gasteiger partial charge in [-0.1, -0.05) is 17.7 Å². The minimum atomic E-state index is 0.276. The summed E-state index contributed by atoms with van der Waals surface area (Å²) in [4.78, 5) is 11.9. The monoisotopic (exact) mass is 396 g/mol. The summed E-state index contributed by atoms with van der Waals surface area (Å²) in [6.45, 7) is 4.10. The normalized spacial score (nSPS) is 18.1. The second-order valence-electron chi connectivity index (χ2n) is 7.26.